The number of fused-ring (bicyclic) bond motifs is 1. The molecular formula is C26H19FN2O4S. The van der Waals surface area contributed by atoms with Crippen LogP contribution in [0.4, 0.5) is 9.52 Å². The molecular weight excluding hydrogens is 455 g/mol. The second-order valence-corrected chi connectivity index (χ2v) is 8.93. The number of rotatable bonds is 4. The Hall–Kier alpha value is -4.04. The number of halogens is 1. The molecule has 8 heteroatoms. The van der Waals surface area contributed by atoms with Gasteiger partial charge in [-0.15, -0.1) is 0 Å². The molecule has 0 aliphatic carbocycles. The first kappa shape index (κ1) is 21.8. The zero-order valence-electron chi connectivity index (χ0n) is 18.3. The predicted molar refractivity (Wildman–Crippen MR) is 129 cm³/mol. The molecule has 34 heavy (non-hydrogen) atoms. The summed E-state index contributed by atoms with van der Waals surface area (Å²) in [7, 11) is 1.52. The number of Topliss-reactive ketones (excluding diaryl/α,β-unsaturated/α-hetero) is 1. The van der Waals surface area contributed by atoms with E-state index in [9.17, 15) is 19.1 Å². The number of methoxy groups -OCH3 is 1. The van der Waals surface area contributed by atoms with Crippen LogP contribution in [0.3, 0.4) is 0 Å². The highest BCUT2D eigenvalue weighted by Crippen LogP contribution is 2.44. The van der Waals surface area contributed by atoms with E-state index in [0.29, 0.717) is 27.5 Å². The van der Waals surface area contributed by atoms with Gasteiger partial charge in [-0.05, 0) is 66.6 Å². The van der Waals surface area contributed by atoms with Gasteiger partial charge in [-0.3, -0.25) is 14.5 Å². The number of aromatic nitrogens is 1. The van der Waals surface area contributed by atoms with Gasteiger partial charge >= 0.3 is 5.91 Å². The number of aliphatic hydroxyl groups excluding tert-OH is 1. The number of anilines is 1. The molecule has 4 aromatic rings. The van der Waals surface area contributed by atoms with Gasteiger partial charge in [0.15, 0.2) is 5.13 Å². The molecule has 0 bridgehead atoms. The molecule has 1 amide bonds. The smallest absolute Gasteiger partial charge is 0.301 e. The third kappa shape index (κ3) is 3.62. The number of benzene rings is 3. The van der Waals surface area contributed by atoms with Crippen LogP contribution in [0.1, 0.15) is 22.7 Å². The number of hydrogen-bond donors (Lipinski definition) is 1. The maximum Gasteiger partial charge on any atom is 0.301 e. The summed E-state index contributed by atoms with van der Waals surface area (Å²) in [5, 5.41) is 11.5. The fraction of sp³-hybridized carbons (Fsp3) is 0.115. The normalized spacial score (nSPS) is 17.5. The van der Waals surface area contributed by atoms with Gasteiger partial charge in [-0.2, -0.15) is 0 Å². The average Bonchev–Trinajstić information content (AvgIpc) is 3.37. The van der Waals surface area contributed by atoms with Gasteiger partial charge in [0.1, 0.15) is 17.3 Å². The van der Waals surface area contributed by atoms with Crippen molar-refractivity contribution >= 4 is 44.1 Å². The fourth-order valence-corrected chi connectivity index (χ4v) is 5.11. The van der Waals surface area contributed by atoms with Crippen molar-refractivity contribution in [1.29, 1.82) is 0 Å². The number of nitrogens with zero attached hydrogens (tertiary/aromatic N) is 2. The van der Waals surface area contributed by atoms with Crippen LogP contribution >= 0.6 is 11.3 Å². The van der Waals surface area contributed by atoms with E-state index < -0.39 is 23.5 Å². The summed E-state index contributed by atoms with van der Waals surface area (Å²) in [5.41, 5.74) is 2.48. The Morgan fingerprint density at radius 1 is 1.06 bits per heavy atom. The molecule has 3 aromatic carbocycles. The molecule has 0 saturated carbocycles. The number of ether oxygens (including phenoxy) is 1. The number of carbonyl (C=O) groups excluding carboxylic acids is 2. The van der Waals surface area contributed by atoms with Crippen molar-refractivity contribution in [2.24, 2.45) is 0 Å². The number of hydrogen-bond acceptors (Lipinski definition) is 6. The number of amides is 1. The molecule has 1 saturated heterocycles. The number of thiazole rings is 1. The maximum absolute atomic E-state index is 13.7. The highest BCUT2D eigenvalue weighted by molar-refractivity contribution is 7.22. The molecule has 170 valence electrons. The van der Waals surface area contributed by atoms with Gasteiger partial charge in [0, 0.05) is 5.56 Å². The zero-order chi connectivity index (χ0) is 24.0. The van der Waals surface area contributed by atoms with Gasteiger partial charge in [0.25, 0.3) is 5.78 Å². The number of ketones is 1. The van der Waals surface area contributed by atoms with Crippen molar-refractivity contribution in [2.45, 2.75) is 13.0 Å². The van der Waals surface area contributed by atoms with Gasteiger partial charge in [0.05, 0.1) is 28.9 Å². The number of carbonyl (C=O) groups is 2. The number of aryl methyl sites for hydroxylation is 1. The summed E-state index contributed by atoms with van der Waals surface area (Å²) in [5.74, 6) is -1.84. The molecule has 6 nitrogen and oxygen atoms in total. The first-order valence-corrected chi connectivity index (χ1v) is 11.3. The van der Waals surface area contributed by atoms with Crippen LogP contribution in [-0.2, 0) is 9.59 Å². The van der Waals surface area contributed by atoms with Crippen LogP contribution in [-0.4, -0.2) is 28.9 Å². The molecule has 0 unspecified atom stereocenters. The van der Waals surface area contributed by atoms with E-state index in [2.05, 4.69) is 4.98 Å². The molecule has 1 N–H and O–H groups in total. The van der Waals surface area contributed by atoms with E-state index in [4.69, 9.17) is 4.74 Å². The molecule has 1 aromatic heterocycles. The van der Waals surface area contributed by atoms with E-state index in [1.54, 1.807) is 24.3 Å². The monoisotopic (exact) mass is 474 g/mol. The second-order valence-electron chi connectivity index (χ2n) is 7.92. The Labute approximate surface area is 198 Å². The van der Waals surface area contributed by atoms with Crippen LogP contribution in [0.2, 0.25) is 0 Å². The van der Waals surface area contributed by atoms with E-state index in [0.717, 1.165) is 10.3 Å². The quantitative estimate of drug-likeness (QED) is 0.244. The van der Waals surface area contributed by atoms with E-state index in [1.165, 1.54) is 47.6 Å². The largest absolute Gasteiger partial charge is 0.507 e. The highest BCUT2D eigenvalue weighted by atomic mass is 32.1. The Balaban J connectivity index is 1.71. The Bertz CT molecular complexity index is 1460. The van der Waals surface area contributed by atoms with Crippen LogP contribution in [0.5, 0.6) is 5.75 Å². The topological polar surface area (TPSA) is 79.7 Å². The molecule has 2 heterocycles. The average molecular weight is 475 g/mol. The lowest BCUT2D eigenvalue weighted by Crippen LogP contribution is -2.29. The van der Waals surface area contributed by atoms with Gasteiger partial charge in [-0.1, -0.05) is 29.5 Å². The maximum atomic E-state index is 13.7. The van der Waals surface area contributed by atoms with Crippen molar-refractivity contribution < 1.29 is 23.8 Å². The minimum absolute atomic E-state index is 0.0859. The first-order chi connectivity index (χ1) is 16.4. The molecule has 0 radical (unpaired) electrons. The summed E-state index contributed by atoms with van der Waals surface area (Å²) >= 11 is 1.28. The lowest BCUT2D eigenvalue weighted by atomic mass is 9.95. The standard InChI is InChI=1S/C26H19FN2O4S/c1-14-3-12-19-20(13-14)34-26(28-19)29-22(15-4-8-17(27)9-5-15)21(24(31)25(29)32)23(30)16-6-10-18(33-2)11-7-16/h3-13,22,30H,1-2H3/t22-/m0/s1. The van der Waals surface area contributed by atoms with Gasteiger partial charge in [-0.25, -0.2) is 9.37 Å². The summed E-state index contributed by atoms with van der Waals surface area (Å²) in [6.45, 7) is 1.96. The van der Waals surface area contributed by atoms with Crippen LogP contribution in [0.25, 0.3) is 16.0 Å². The summed E-state index contributed by atoms with van der Waals surface area (Å²) in [6.07, 6.45) is 0. The summed E-state index contributed by atoms with van der Waals surface area (Å²) < 4.78 is 19.7. The van der Waals surface area contributed by atoms with Crippen LogP contribution in [0.15, 0.2) is 72.3 Å². The molecule has 0 spiro atoms. The van der Waals surface area contributed by atoms with Crippen molar-refractivity contribution in [3.63, 3.8) is 0 Å². The fourth-order valence-electron chi connectivity index (χ4n) is 4.02. The molecule has 5 rings (SSSR count). The SMILES string of the molecule is COc1ccc(C(O)=C2C(=O)C(=O)N(c3nc4ccc(C)cc4s3)[C@H]2c2ccc(F)cc2)cc1. The zero-order valence-corrected chi connectivity index (χ0v) is 19.1. The Morgan fingerprint density at radius 3 is 2.44 bits per heavy atom. The van der Waals surface area contributed by atoms with Gasteiger partial charge < -0.3 is 9.84 Å². The molecule has 1 atom stereocenters. The minimum Gasteiger partial charge on any atom is -0.507 e. The third-order valence-electron chi connectivity index (χ3n) is 5.73. The van der Waals surface area contributed by atoms with E-state index >= 15 is 0 Å². The van der Waals surface area contributed by atoms with Crippen molar-refractivity contribution in [2.75, 3.05) is 12.0 Å². The predicted octanol–water partition coefficient (Wildman–Crippen LogP) is 5.38. The second kappa shape index (κ2) is 8.39. The lowest BCUT2D eigenvalue weighted by molar-refractivity contribution is -0.132. The number of aliphatic hydroxyl groups is 1. The summed E-state index contributed by atoms with van der Waals surface area (Å²) in [6, 6.07) is 16.8. The lowest BCUT2D eigenvalue weighted by Gasteiger charge is -2.23. The molecule has 1 aliphatic heterocycles. The van der Waals surface area contributed by atoms with Crippen molar-refractivity contribution in [3.05, 3.63) is 94.8 Å². The van der Waals surface area contributed by atoms with E-state index in [1.807, 2.05) is 25.1 Å². The third-order valence-corrected chi connectivity index (χ3v) is 6.75. The van der Waals surface area contributed by atoms with E-state index in [-0.39, 0.29) is 11.3 Å². The highest BCUT2D eigenvalue weighted by Gasteiger charge is 2.48. The first-order valence-electron chi connectivity index (χ1n) is 10.5. The molecule has 1 aliphatic rings. The van der Waals surface area contributed by atoms with Gasteiger partial charge in [0.2, 0.25) is 0 Å². The minimum atomic E-state index is -0.968. The van der Waals surface area contributed by atoms with Crippen molar-refractivity contribution in [1.82, 2.24) is 4.98 Å². The summed E-state index contributed by atoms with van der Waals surface area (Å²) in [4.78, 5) is 32.3. The van der Waals surface area contributed by atoms with Crippen LogP contribution < -0.4 is 9.64 Å². The van der Waals surface area contributed by atoms with Crippen molar-refractivity contribution in [3.8, 4) is 5.75 Å². The Kier molecular flexibility index (Phi) is 5.37. The van der Waals surface area contributed by atoms with Crippen LogP contribution in [0, 0.1) is 12.7 Å². The Morgan fingerprint density at radius 2 is 1.76 bits per heavy atom. The molecule has 1 fully saturated rings.